The number of carbonyl (C=O) groups is 1. The van der Waals surface area contributed by atoms with Crippen molar-refractivity contribution in [2.45, 2.75) is 18.6 Å². The van der Waals surface area contributed by atoms with Gasteiger partial charge < -0.3 is 5.11 Å². The Morgan fingerprint density at radius 2 is 2.29 bits per heavy atom. The first-order valence-corrected chi connectivity index (χ1v) is 8.12. The number of imidazole rings is 1. The zero-order valence-corrected chi connectivity index (χ0v) is 12.8. The molecule has 0 spiro atoms. The molecular formula is C13H12N4O2S2. The summed E-state index contributed by atoms with van der Waals surface area (Å²) in [5, 5.41) is 11.5. The van der Waals surface area contributed by atoms with Crippen LogP contribution in [0.1, 0.15) is 11.4 Å². The van der Waals surface area contributed by atoms with E-state index in [9.17, 15) is 4.79 Å². The Bertz CT molecular complexity index is 783. The zero-order chi connectivity index (χ0) is 14.8. The van der Waals surface area contributed by atoms with E-state index in [0.29, 0.717) is 11.7 Å². The lowest BCUT2D eigenvalue weighted by Gasteiger charge is -2.05. The van der Waals surface area contributed by atoms with Gasteiger partial charge in [-0.2, -0.15) is 0 Å². The van der Waals surface area contributed by atoms with E-state index in [0.717, 1.165) is 22.6 Å². The molecular weight excluding hydrogens is 308 g/mol. The van der Waals surface area contributed by atoms with Gasteiger partial charge in [0.2, 0.25) is 0 Å². The molecule has 8 heteroatoms. The van der Waals surface area contributed by atoms with Gasteiger partial charge in [-0.1, -0.05) is 11.8 Å². The van der Waals surface area contributed by atoms with Crippen LogP contribution in [0.3, 0.4) is 0 Å². The van der Waals surface area contributed by atoms with Crippen LogP contribution in [0.5, 0.6) is 0 Å². The maximum absolute atomic E-state index is 10.8. The second kappa shape index (κ2) is 5.82. The molecule has 0 saturated carbocycles. The number of hydrogen-bond acceptors (Lipinski definition) is 6. The third-order valence-corrected chi connectivity index (χ3v) is 4.42. The van der Waals surface area contributed by atoms with Crippen molar-refractivity contribution in [3.63, 3.8) is 0 Å². The summed E-state index contributed by atoms with van der Waals surface area (Å²) in [4.78, 5) is 24.1. The van der Waals surface area contributed by atoms with Crippen LogP contribution >= 0.6 is 23.1 Å². The highest BCUT2D eigenvalue weighted by atomic mass is 32.2. The Hall–Kier alpha value is -1.93. The number of fused-ring (bicyclic) bond motifs is 1. The molecule has 3 rings (SSSR count). The van der Waals surface area contributed by atoms with Crippen molar-refractivity contribution in [2.75, 3.05) is 5.75 Å². The minimum atomic E-state index is -0.864. The van der Waals surface area contributed by atoms with Crippen molar-refractivity contribution in [1.29, 1.82) is 0 Å². The van der Waals surface area contributed by atoms with Gasteiger partial charge in [0.15, 0.2) is 10.8 Å². The molecule has 108 valence electrons. The van der Waals surface area contributed by atoms with Gasteiger partial charge in [0.05, 0.1) is 23.5 Å². The maximum atomic E-state index is 10.8. The average Bonchev–Trinajstić information content (AvgIpc) is 3.06. The summed E-state index contributed by atoms with van der Waals surface area (Å²) in [6, 6.07) is 3.80. The number of rotatable bonds is 5. The van der Waals surface area contributed by atoms with Gasteiger partial charge in [-0.3, -0.25) is 9.36 Å². The molecule has 0 unspecified atom stereocenters. The Labute approximate surface area is 128 Å². The molecule has 1 N–H and O–H groups in total. The molecule has 3 aromatic heterocycles. The number of hydrogen-bond donors (Lipinski definition) is 1. The quantitative estimate of drug-likeness (QED) is 0.727. The molecule has 0 aliphatic heterocycles. The third-order valence-electron chi connectivity index (χ3n) is 2.82. The van der Waals surface area contributed by atoms with Crippen molar-refractivity contribution in [1.82, 2.24) is 19.5 Å². The highest BCUT2D eigenvalue weighted by molar-refractivity contribution is 7.99. The summed E-state index contributed by atoms with van der Waals surface area (Å²) >= 11 is 2.72. The van der Waals surface area contributed by atoms with Crippen molar-refractivity contribution in [2.24, 2.45) is 0 Å². The van der Waals surface area contributed by atoms with E-state index < -0.39 is 5.97 Å². The van der Waals surface area contributed by atoms with E-state index in [-0.39, 0.29) is 5.75 Å². The van der Waals surface area contributed by atoms with E-state index >= 15 is 0 Å². The lowest BCUT2D eigenvalue weighted by molar-refractivity contribution is -0.133. The fourth-order valence-electron chi connectivity index (χ4n) is 1.93. The van der Waals surface area contributed by atoms with E-state index in [4.69, 9.17) is 5.11 Å². The summed E-state index contributed by atoms with van der Waals surface area (Å²) in [7, 11) is 0. The molecule has 6 nitrogen and oxygen atoms in total. The summed E-state index contributed by atoms with van der Waals surface area (Å²) < 4.78 is 1.92. The number of thiazole rings is 1. The molecule has 0 aliphatic rings. The molecule has 3 aromatic rings. The van der Waals surface area contributed by atoms with E-state index in [1.165, 1.54) is 23.1 Å². The van der Waals surface area contributed by atoms with Gasteiger partial charge in [-0.25, -0.2) is 15.0 Å². The highest BCUT2D eigenvalue weighted by Gasteiger charge is 2.15. The van der Waals surface area contributed by atoms with Crippen LogP contribution in [-0.2, 0) is 11.3 Å². The van der Waals surface area contributed by atoms with Gasteiger partial charge >= 0.3 is 5.97 Å². The fraction of sp³-hybridized carbons (Fsp3) is 0.231. The fourth-order valence-corrected chi connectivity index (χ4v) is 3.20. The van der Waals surface area contributed by atoms with Crippen molar-refractivity contribution < 1.29 is 9.90 Å². The number of carboxylic acids is 1. The van der Waals surface area contributed by atoms with Crippen LogP contribution in [0.15, 0.2) is 28.2 Å². The molecule has 0 atom stereocenters. The number of nitrogens with zero attached hydrogens (tertiary/aromatic N) is 4. The number of thioether (sulfide) groups is 1. The lowest BCUT2D eigenvalue weighted by atomic mass is 10.3. The highest BCUT2D eigenvalue weighted by Crippen LogP contribution is 2.24. The standard InChI is InChI=1S/C13H12N4O2S2/c1-8-2-3-10-12(15-8)17(4-9-5-20-7-14-9)13(16-10)21-6-11(18)19/h2-3,5,7H,4,6H2,1H3,(H,18,19). The molecule has 0 aromatic carbocycles. The molecule has 21 heavy (non-hydrogen) atoms. The van der Waals surface area contributed by atoms with E-state index in [1.807, 2.05) is 29.0 Å². The predicted molar refractivity (Wildman–Crippen MR) is 81.8 cm³/mol. The van der Waals surface area contributed by atoms with Gasteiger partial charge in [-0.05, 0) is 19.1 Å². The van der Waals surface area contributed by atoms with E-state index in [2.05, 4.69) is 15.0 Å². The van der Waals surface area contributed by atoms with Crippen LogP contribution in [0.25, 0.3) is 11.2 Å². The van der Waals surface area contributed by atoms with Gasteiger partial charge in [0.25, 0.3) is 0 Å². The Kier molecular flexibility index (Phi) is 3.89. The Morgan fingerprint density at radius 1 is 1.43 bits per heavy atom. The Balaban J connectivity index is 2.04. The number of aliphatic carboxylic acids is 1. The second-order valence-corrected chi connectivity index (χ2v) is 6.10. The van der Waals surface area contributed by atoms with E-state index in [1.54, 1.807) is 5.51 Å². The van der Waals surface area contributed by atoms with Gasteiger partial charge in [0.1, 0.15) is 5.52 Å². The molecule has 0 fully saturated rings. The van der Waals surface area contributed by atoms with Crippen LogP contribution < -0.4 is 0 Å². The van der Waals surface area contributed by atoms with Crippen LogP contribution in [-0.4, -0.2) is 36.3 Å². The number of pyridine rings is 1. The van der Waals surface area contributed by atoms with Crippen molar-refractivity contribution in [3.05, 3.63) is 34.4 Å². The van der Waals surface area contributed by atoms with Gasteiger partial charge in [0, 0.05) is 11.1 Å². The molecule has 0 radical (unpaired) electrons. The van der Waals surface area contributed by atoms with Crippen LogP contribution in [0, 0.1) is 6.92 Å². The molecule has 0 amide bonds. The van der Waals surface area contributed by atoms with Crippen molar-refractivity contribution >= 4 is 40.2 Å². The first-order valence-electron chi connectivity index (χ1n) is 6.19. The predicted octanol–water partition coefficient (Wildman–Crippen LogP) is 2.42. The molecule has 0 bridgehead atoms. The van der Waals surface area contributed by atoms with Gasteiger partial charge in [-0.15, -0.1) is 11.3 Å². The smallest absolute Gasteiger partial charge is 0.313 e. The maximum Gasteiger partial charge on any atom is 0.313 e. The molecule has 3 heterocycles. The monoisotopic (exact) mass is 320 g/mol. The number of aromatic nitrogens is 4. The summed E-state index contributed by atoms with van der Waals surface area (Å²) in [5.41, 5.74) is 5.12. The largest absolute Gasteiger partial charge is 0.481 e. The molecule has 0 saturated heterocycles. The number of carboxylic acid groups (broad SMARTS) is 1. The first-order chi connectivity index (χ1) is 10.1. The number of aryl methyl sites for hydroxylation is 1. The topological polar surface area (TPSA) is 80.9 Å². The normalized spacial score (nSPS) is 11.1. The third kappa shape index (κ3) is 3.06. The Morgan fingerprint density at radius 3 is 3.00 bits per heavy atom. The van der Waals surface area contributed by atoms with Crippen molar-refractivity contribution in [3.8, 4) is 0 Å². The van der Waals surface area contributed by atoms with Crippen LogP contribution in [0.4, 0.5) is 0 Å². The minimum Gasteiger partial charge on any atom is -0.481 e. The summed E-state index contributed by atoms with van der Waals surface area (Å²) in [5.74, 6) is -0.893. The first kappa shape index (κ1) is 14.0. The minimum absolute atomic E-state index is 0.0284. The summed E-state index contributed by atoms with van der Waals surface area (Å²) in [6.45, 7) is 2.46. The second-order valence-electron chi connectivity index (χ2n) is 4.44. The molecule has 0 aliphatic carbocycles. The van der Waals surface area contributed by atoms with Crippen LogP contribution in [0.2, 0.25) is 0 Å². The summed E-state index contributed by atoms with van der Waals surface area (Å²) in [6.07, 6.45) is 0. The SMILES string of the molecule is Cc1ccc2nc(SCC(=O)O)n(Cc3cscn3)c2n1. The lowest BCUT2D eigenvalue weighted by Crippen LogP contribution is -2.05. The zero-order valence-electron chi connectivity index (χ0n) is 11.2. The average molecular weight is 320 g/mol.